The molecule has 0 unspecified atom stereocenters. The number of benzene rings is 2. The predicted octanol–water partition coefficient (Wildman–Crippen LogP) is 1.03. The van der Waals surface area contributed by atoms with Gasteiger partial charge >= 0.3 is 0 Å². The molecule has 0 aromatic heterocycles. The second-order valence-electron chi connectivity index (χ2n) is 6.26. The third kappa shape index (κ3) is 2.76. The van der Waals surface area contributed by atoms with Crippen LogP contribution in [0, 0.1) is 0 Å². The Balaban J connectivity index is 2.13. The third-order valence-electron chi connectivity index (χ3n) is 4.14. The van der Waals surface area contributed by atoms with Gasteiger partial charge < -0.3 is 10.6 Å². The lowest BCUT2D eigenvalue weighted by atomic mass is 9.91. The van der Waals surface area contributed by atoms with Gasteiger partial charge in [-0.1, -0.05) is 18.2 Å². The highest BCUT2D eigenvalue weighted by Gasteiger charge is 2.32. The maximum absolute atomic E-state index is 12.8. The highest BCUT2D eigenvalue weighted by molar-refractivity contribution is 6.25. The van der Waals surface area contributed by atoms with E-state index in [0.29, 0.717) is 35.2 Å². The number of nitrogens with zero attached hydrogens (tertiary/aromatic N) is 2. The van der Waals surface area contributed by atoms with E-state index in [1.807, 2.05) is 31.1 Å². The minimum absolute atomic E-state index is 0.0616. The Labute approximate surface area is 139 Å². The van der Waals surface area contributed by atoms with E-state index in [4.69, 9.17) is 5.73 Å². The van der Waals surface area contributed by atoms with Crippen LogP contribution < -0.4 is 5.73 Å². The second kappa shape index (κ2) is 6.05. The monoisotopic (exact) mass is 325 g/mol. The van der Waals surface area contributed by atoms with Crippen LogP contribution in [-0.4, -0.2) is 54.7 Å². The molecule has 1 aliphatic rings. The number of hydrogen-bond acceptors (Lipinski definition) is 4. The first-order valence-electron chi connectivity index (χ1n) is 7.73. The van der Waals surface area contributed by atoms with Crippen molar-refractivity contribution in [1.29, 1.82) is 0 Å². The molecule has 0 saturated carbocycles. The van der Waals surface area contributed by atoms with Crippen LogP contribution in [0.5, 0.6) is 0 Å². The number of primary amides is 1. The summed E-state index contributed by atoms with van der Waals surface area (Å²) < 4.78 is 0. The zero-order valence-corrected chi connectivity index (χ0v) is 13.7. The molecule has 2 aromatic rings. The summed E-state index contributed by atoms with van der Waals surface area (Å²) in [7, 11) is 3.77. The van der Waals surface area contributed by atoms with Crippen molar-refractivity contribution >= 4 is 28.5 Å². The van der Waals surface area contributed by atoms with Crippen molar-refractivity contribution in [2.45, 2.75) is 6.42 Å². The number of carbonyl (C=O) groups is 3. The number of imide groups is 1. The van der Waals surface area contributed by atoms with Gasteiger partial charge in [0.2, 0.25) is 5.91 Å². The summed E-state index contributed by atoms with van der Waals surface area (Å²) in [5.41, 5.74) is 6.93. The number of nitrogens with two attached hydrogens (primary N) is 1. The molecule has 124 valence electrons. The molecule has 6 nitrogen and oxygen atoms in total. The van der Waals surface area contributed by atoms with Gasteiger partial charge in [0, 0.05) is 29.6 Å². The van der Waals surface area contributed by atoms with Gasteiger partial charge in [-0.2, -0.15) is 0 Å². The maximum atomic E-state index is 12.8. The molecule has 0 aliphatic carbocycles. The number of carbonyl (C=O) groups excluding carboxylic acids is 3. The molecule has 1 heterocycles. The molecule has 0 bridgehead atoms. The Hall–Kier alpha value is -2.73. The highest BCUT2D eigenvalue weighted by Crippen LogP contribution is 2.31. The molecule has 0 saturated heterocycles. The summed E-state index contributed by atoms with van der Waals surface area (Å²) in [6.45, 7) is 0.907. The lowest BCUT2D eigenvalue weighted by Gasteiger charge is -2.28. The van der Waals surface area contributed by atoms with Crippen molar-refractivity contribution < 1.29 is 14.4 Å². The molecular formula is C18H19N3O3. The van der Waals surface area contributed by atoms with Crippen LogP contribution in [0.1, 0.15) is 26.3 Å². The van der Waals surface area contributed by atoms with E-state index in [2.05, 4.69) is 0 Å². The van der Waals surface area contributed by atoms with E-state index in [0.717, 1.165) is 5.39 Å². The van der Waals surface area contributed by atoms with E-state index in [-0.39, 0.29) is 18.2 Å². The summed E-state index contributed by atoms with van der Waals surface area (Å²) in [6.07, 6.45) is 0.0616. The van der Waals surface area contributed by atoms with E-state index < -0.39 is 5.91 Å². The molecule has 0 fully saturated rings. The van der Waals surface area contributed by atoms with Crippen LogP contribution in [0.15, 0.2) is 30.3 Å². The van der Waals surface area contributed by atoms with Crippen LogP contribution in [0.25, 0.3) is 10.8 Å². The van der Waals surface area contributed by atoms with Crippen molar-refractivity contribution in [1.82, 2.24) is 9.80 Å². The van der Waals surface area contributed by atoms with Crippen LogP contribution in [0.4, 0.5) is 0 Å². The van der Waals surface area contributed by atoms with Crippen molar-refractivity contribution in [2.24, 2.45) is 5.73 Å². The summed E-state index contributed by atoms with van der Waals surface area (Å²) in [5.74, 6) is -1.05. The van der Waals surface area contributed by atoms with Gasteiger partial charge in [0.1, 0.15) is 0 Å². The summed E-state index contributed by atoms with van der Waals surface area (Å²) in [5, 5.41) is 1.43. The lowest BCUT2D eigenvalue weighted by Crippen LogP contribution is -2.43. The number of amides is 3. The molecule has 0 spiro atoms. The van der Waals surface area contributed by atoms with Gasteiger partial charge in [0.05, 0.1) is 6.42 Å². The van der Waals surface area contributed by atoms with Gasteiger partial charge in [-0.3, -0.25) is 19.3 Å². The van der Waals surface area contributed by atoms with E-state index in [9.17, 15) is 14.4 Å². The summed E-state index contributed by atoms with van der Waals surface area (Å²) >= 11 is 0. The largest absolute Gasteiger partial charge is 0.369 e. The van der Waals surface area contributed by atoms with Gasteiger partial charge in [0.15, 0.2) is 0 Å². The minimum atomic E-state index is -0.457. The van der Waals surface area contributed by atoms with E-state index >= 15 is 0 Å². The fraction of sp³-hybridized carbons (Fsp3) is 0.278. The zero-order valence-electron chi connectivity index (χ0n) is 13.7. The van der Waals surface area contributed by atoms with Crippen LogP contribution in [0.3, 0.4) is 0 Å². The minimum Gasteiger partial charge on any atom is -0.369 e. The van der Waals surface area contributed by atoms with Gasteiger partial charge in [-0.25, -0.2) is 0 Å². The molecule has 24 heavy (non-hydrogen) atoms. The third-order valence-corrected chi connectivity index (χ3v) is 4.14. The molecule has 6 heteroatoms. The van der Waals surface area contributed by atoms with Crippen molar-refractivity contribution in [3.63, 3.8) is 0 Å². The fourth-order valence-corrected chi connectivity index (χ4v) is 3.03. The van der Waals surface area contributed by atoms with Crippen molar-refractivity contribution in [2.75, 3.05) is 27.2 Å². The average molecular weight is 325 g/mol. The van der Waals surface area contributed by atoms with Gasteiger partial charge in [-0.05, 0) is 37.2 Å². The molecular weight excluding hydrogens is 306 g/mol. The quantitative estimate of drug-likeness (QED) is 0.832. The maximum Gasteiger partial charge on any atom is 0.261 e. The first-order valence-corrected chi connectivity index (χ1v) is 7.73. The number of hydrogen-bond donors (Lipinski definition) is 1. The van der Waals surface area contributed by atoms with Crippen molar-refractivity contribution in [3.05, 3.63) is 47.0 Å². The van der Waals surface area contributed by atoms with Gasteiger partial charge in [0.25, 0.3) is 11.8 Å². The van der Waals surface area contributed by atoms with E-state index in [1.165, 1.54) is 4.90 Å². The molecule has 0 radical (unpaired) electrons. The molecule has 3 rings (SSSR count). The van der Waals surface area contributed by atoms with Crippen molar-refractivity contribution in [3.8, 4) is 0 Å². The summed E-state index contributed by atoms with van der Waals surface area (Å²) in [6, 6.07) is 8.84. The standard InChI is InChI=1S/C18H19N3O3/c1-20(2)6-7-21-17(23)13-5-3-4-12-8-11(10-15(19)22)9-14(16(12)13)18(21)24/h3-5,8-9H,6-7,10H2,1-2H3,(H2,19,22). The topological polar surface area (TPSA) is 83.7 Å². The van der Waals surface area contributed by atoms with Crippen LogP contribution in [-0.2, 0) is 11.2 Å². The molecule has 2 aromatic carbocycles. The highest BCUT2D eigenvalue weighted by atomic mass is 16.2. The average Bonchev–Trinajstić information content (AvgIpc) is 2.51. The van der Waals surface area contributed by atoms with E-state index in [1.54, 1.807) is 18.2 Å². The normalized spacial score (nSPS) is 13.9. The lowest BCUT2D eigenvalue weighted by molar-refractivity contribution is -0.117. The Morgan fingerprint density at radius 1 is 1.12 bits per heavy atom. The SMILES string of the molecule is CN(C)CCN1C(=O)c2cccc3cc(CC(N)=O)cc(c23)C1=O. The fourth-order valence-electron chi connectivity index (χ4n) is 3.03. The molecule has 3 amide bonds. The Morgan fingerprint density at radius 2 is 1.83 bits per heavy atom. The van der Waals surface area contributed by atoms with Gasteiger partial charge in [-0.15, -0.1) is 0 Å². The smallest absolute Gasteiger partial charge is 0.261 e. The van der Waals surface area contributed by atoms with Crippen LogP contribution >= 0.6 is 0 Å². The predicted molar refractivity (Wildman–Crippen MR) is 90.8 cm³/mol. The number of rotatable bonds is 5. The Bertz CT molecular complexity index is 858. The summed E-state index contributed by atoms with van der Waals surface area (Å²) in [4.78, 5) is 39.9. The second-order valence-corrected chi connectivity index (χ2v) is 6.26. The Morgan fingerprint density at radius 3 is 2.50 bits per heavy atom. The molecule has 1 aliphatic heterocycles. The molecule has 0 atom stereocenters. The first kappa shape index (κ1) is 16.1. The van der Waals surface area contributed by atoms with Crippen LogP contribution in [0.2, 0.25) is 0 Å². The Kier molecular flexibility index (Phi) is 4.07. The first-order chi connectivity index (χ1) is 11.4. The zero-order chi connectivity index (χ0) is 17.4. The number of likely N-dealkylation sites (N-methyl/N-ethyl adjacent to an activating group) is 1. The molecule has 2 N–H and O–H groups in total.